The molecule has 1 fully saturated rings. The minimum absolute atomic E-state index is 0.136. The number of nitrogens with zero attached hydrogens (tertiary/aromatic N) is 1. The summed E-state index contributed by atoms with van der Waals surface area (Å²) in [6, 6.07) is 6.93. The standard InChI is InChI=1S/C14H21NO/c1-11-9-13(10-16)6-7-14(11)15-8-4-3-5-12(15)2/h6-7,9,12,16H,3-5,8,10H2,1-2H3. The Morgan fingerprint density at radius 2 is 2.19 bits per heavy atom. The van der Waals surface area contributed by atoms with Crippen molar-refractivity contribution in [3.05, 3.63) is 29.3 Å². The van der Waals surface area contributed by atoms with Gasteiger partial charge in [-0.1, -0.05) is 12.1 Å². The topological polar surface area (TPSA) is 23.5 Å². The Kier molecular flexibility index (Phi) is 3.49. The lowest BCUT2D eigenvalue weighted by Gasteiger charge is -2.36. The minimum Gasteiger partial charge on any atom is -0.392 e. The van der Waals surface area contributed by atoms with Gasteiger partial charge in [0.15, 0.2) is 0 Å². The van der Waals surface area contributed by atoms with E-state index in [2.05, 4.69) is 30.9 Å². The number of rotatable bonds is 2. The molecule has 0 saturated carbocycles. The Balaban J connectivity index is 2.25. The quantitative estimate of drug-likeness (QED) is 0.826. The van der Waals surface area contributed by atoms with Crippen molar-refractivity contribution in [1.29, 1.82) is 0 Å². The average molecular weight is 219 g/mol. The van der Waals surface area contributed by atoms with Crippen molar-refractivity contribution in [2.24, 2.45) is 0 Å². The number of hydrogen-bond donors (Lipinski definition) is 1. The Hall–Kier alpha value is -1.02. The van der Waals surface area contributed by atoms with Crippen LogP contribution in [-0.2, 0) is 6.61 Å². The first kappa shape index (κ1) is 11.5. The van der Waals surface area contributed by atoms with E-state index in [9.17, 15) is 0 Å². The Morgan fingerprint density at radius 1 is 1.38 bits per heavy atom. The van der Waals surface area contributed by atoms with E-state index in [1.54, 1.807) is 0 Å². The zero-order valence-corrected chi connectivity index (χ0v) is 10.2. The molecule has 1 atom stereocenters. The van der Waals surface area contributed by atoms with Crippen LogP contribution >= 0.6 is 0 Å². The second kappa shape index (κ2) is 4.88. The molecule has 1 aromatic carbocycles. The molecule has 1 aliphatic rings. The molecular weight excluding hydrogens is 198 g/mol. The summed E-state index contributed by atoms with van der Waals surface area (Å²) in [6.45, 7) is 5.74. The first-order chi connectivity index (χ1) is 7.72. The van der Waals surface area contributed by atoms with Gasteiger partial charge in [0.2, 0.25) is 0 Å². The fourth-order valence-corrected chi connectivity index (χ4v) is 2.59. The molecule has 0 spiro atoms. The number of piperidine rings is 1. The lowest BCUT2D eigenvalue weighted by molar-refractivity contribution is 0.282. The summed E-state index contributed by atoms with van der Waals surface area (Å²) in [5.74, 6) is 0. The third-order valence-corrected chi connectivity index (χ3v) is 3.56. The fourth-order valence-electron chi connectivity index (χ4n) is 2.59. The summed E-state index contributed by atoms with van der Waals surface area (Å²) in [7, 11) is 0. The summed E-state index contributed by atoms with van der Waals surface area (Å²) in [5, 5.41) is 9.10. The van der Waals surface area contributed by atoms with Crippen LogP contribution in [0, 0.1) is 6.92 Å². The number of anilines is 1. The highest BCUT2D eigenvalue weighted by Gasteiger charge is 2.19. The van der Waals surface area contributed by atoms with Crippen LogP contribution in [-0.4, -0.2) is 17.7 Å². The molecule has 2 heteroatoms. The molecule has 1 aliphatic heterocycles. The van der Waals surface area contributed by atoms with E-state index in [0.717, 1.165) is 5.56 Å². The maximum Gasteiger partial charge on any atom is 0.0681 e. The predicted octanol–water partition coefficient (Wildman–Crippen LogP) is 2.87. The summed E-state index contributed by atoms with van der Waals surface area (Å²) in [4.78, 5) is 2.50. The molecule has 1 heterocycles. The van der Waals surface area contributed by atoms with E-state index < -0.39 is 0 Å². The van der Waals surface area contributed by atoms with Crippen molar-refractivity contribution in [3.8, 4) is 0 Å². The van der Waals surface area contributed by atoms with Crippen LogP contribution in [0.5, 0.6) is 0 Å². The number of aliphatic hydroxyl groups is 1. The summed E-state index contributed by atoms with van der Waals surface area (Å²) >= 11 is 0. The molecule has 1 aromatic rings. The molecule has 0 amide bonds. The Bertz CT molecular complexity index is 362. The van der Waals surface area contributed by atoms with E-state index in [-0.39, 0.29) is 6.61 Å². The highest BCUT2D eigenvalue weighted by molar-refractivity contribution is 5.55. The van der Waals surface area contributed by atoms with Crippen LogP contribution < -0.4 is 4.90 Å². The highest BCUT2D eigenvalue weighted by Crippen LogP contribution is 2.28. The van der Waals surface area contributed by atoms with E-state index in [4.69, 9.17) is 5.11 Å². The van der Waals surface area contributed by atoms with Gasteiger partial charge in [-0.25, -0.2) is 0 Å². The zero-order valence-electron chi connectivity index (χ0n) is 10.2. The Morgan fingerprint density at radius 3 is 2.81 bits per heavy atom. The predicted molar refractivity (Wildman–Crippen MR) is 67.8 cm³/mol. The van der Waals surface area contributed by atoms with Crippen molar-refractivity contribution in [2.45, 2.75) is 45.8 Å². The molecular formula is C14H21NO. The summed E-state index contributed by atoms with van der Waals surface area (Å²) < 4.78 is 0. The minimum atomic E-state index is 0.136. The molecule has 88 valence electrons. The van der Waals surface area contributed by atoms with E-state index in [0.29, 0.717) is 6.04 Å². The zero-order chi connectivity index (χ0) is 11.5. The molecule has 2 nitrogen and oxygen atoms in total. The van der Waals surface area contributed by atoms with E-state index in [1.165, 1.54) is 37.1 Å². The van der Waals surface area contributed by atoms with E-state index >= 15 is 0 Å². The second-order valence-corrected chi connectivity index (χ2v) is 4.82. The largest absolute Gasteiger partial charge is 0.392 e. The van der Waals surface area contributed by atoms with Crippen molar-refractivity contribution >= 4 is 5.69 Å². The van der Waals surface area contributed by atoms with Gasteiger partial charge in [-0.15, -0.1) is 0 Å². The molecule has 0 bridgehead atoms. The van der Waals surface area contributed by atoms with Crippen LogP contribution in [0.4, 0.5) is 5.69 Å². The lowest BCUT2D eigenvalue weighted by atomic mass is 10.0. The normalized spacial score (nSPS) is 21.2. The molecule has 0 aliphatic carbocycles. The number of aliphatic hydroxyl groups excluding tert-OH is 1. The van der Waals surface area contributed by atoms with Gasteiger partial charge in [0.1, 0.15) is 0 Å². The van der Waals surface area contributed by atoms with Crippen LogP contribution in [0.25, 0.3) is 0 Å². The van der Waals surface area contributed by atoms with Crippen molar-refractivity contribution in [1.82, 2.24) is 0 Å². The van der Waals surface area contributed by atoms with Crippen molar-refractivity contribution in [3.63, 3.8) is 0 Å². The first-order valence-electron chi connectivity index (χ1n) is 6.19. The maximum absolute atomic E-state index is 9.10. The van der Waals surface area contributed by atoms with Gasteiger partial charge in [0.05, 0.1) is 6.61 Å². The average Bonchev–Trinajstić information content (AvgIpc) is 2.30. The third kappa shape index (κ3) is 2.22. The first-order valence-corrected chi connectivity index (χ1v) is 6.19. The van der Waals surface area contributed by atoms with Crippen LogP contribution in [0.1, 0.15) is 37.3 Å². The number of hydrogen-bond acceptors (Lipinski definition) is 2. The summed E-state index contributed by atoms with van der Waals surface area (Å²) in [6.07, 6.45) is 3.94. The van der Waals surface area contributed by atoms with E-state index in [1.807, 2.05) is 6.07 Å². The molecule has 16 heavy (non-hydrogen) atoms. The van der Waals surface area contributed by atoms with Crippen LogP contribution in [0.15, 0.2) is 18.2 Å². The van der Waals surface area contributed by atoms with Crippen LogP contribution in [0.2, 0.25) is 0 Å². The third-order valence-electron chi connectivity index (χ3n) is 3.56. The smallest absolute Gasteiger partial charge is 0.0681 e. The molecule has 0 radical (unpaired) electrons. The SMILES string of the molecule is Cc1cc(CO)ccc1N1CCCCC1C. The molecule has 1 N–H and O–H groups in total. The van der Waals surface area contributed by atoms with Gasteiger partial charge in [0.25, 0.3) is 0 Å². The van der Waals surface area contributed by atoms with Gasteiger partial charge in [-0.05, 0) is 50.3 Å². The monoisotopic (exact) mass is 219 g/mol. The number of aryl methyl sites for hydroxylation is 1. The van der Waals surface area contributed by atoms with Gasteiger partial charge in [-0.3, -0.25) is 0 Å². The number of benzene rings is 1. The van der Waals surface area contributed by atoms with Gasteiger partial charge in [-0.2, -0.15) is 0 Å². The highest BCUT2D eigenvalue weighted by atomic mass is 16.3. The molecule has 1 unspecified atom stereocenters. The van der Waals surface area contributed by atoms with Gasteiger partial charge >= 0.3 is 0 Å². The lowest BCUT2D eigenvalue weighted by Crippen LogP contribution is -2.37. The summed E-state index contributed by atoms with van der Waals surface area (Å²) in [5.41, 5.74) is 3.62. The fraction of sp³-hybridized carbons (Fsp3) is 0.571. The Labute approximate surface area is 97.9 Å². The van der Waals surface area contributed by atoms with Crippen molar-refractivity contribution in [2.75, 3.05) is 11.4 Å². The molecule has 0 aromatic heterocycles. The van der Waals surface area contributed by atoms with Crippen molar-refractivity contribution < 1.29 is 5.11 Å². The second-order valence-electron chi connectivity index (χ2n) is 4.82. The van der Waals surface area contributed by atoms with Gasteiger partial charge in [0, 0.05) is 18.3 Å². The van der Waals surface area contributed by atoms with Gasteiger partial charge < -0.3 is 10.0 Å². The maximum atomic E-state index is 9.10. The molecule has 2 rings (SSSR count). The van der Waals surface area contributed by atoms with Crippen LogP contribution in [0.3, 0.4) is 0 Å². The molecule has 1 saturated heterocycles.